The summed E-state index contributed by atoms with van der Waals surface area (Å²) < 4.78 is 0. The van der Waals surface area contributed by atoms with Crippen molar-refractivity contribution in [1.82, 2.24) is 0 Å². The number of nitrogens with zero attached hydrogens (tertiary/aromatic N) is 2. The number of benzene rings is 2. The molecule has 1 N–H and O–H groups in total. The summed E-state index contributed by atoms with van der Waals surface area (Å²) in [5.74, 6) is -0.986. The summed E-state index contributed by atoms with van der Waals surface area (Å²) in [6.07, 6.45) is 5.49. The van der Waals surface area contributed by atoms with Crippen LogP contribution >= 0.6 is 11.6 Å². The maximum atomic E-state index is 13.0. The second-order valence-electron chi connectivity index (χ2n) is 8.24. The lowest BCUT2D eigenvalue weighted by Gasteiger charge is -2.18. The number of allylic oxidation sites excluding steroid dienone is 2. The topological polar surface area (TPSA) is 92.6 Å². The van der Waals surface area contributed by atoms with Gasteiger partial charge < -0.3 is 5.32 Å². The minimum atomic E-state index is -0.502. The fourth-order valence-electron chi connectivity index (χ4n) is 5.15. The molecule has 158 valence electrons. The molecule has 1 saturated carbocycles. The standard InChI is InChI=1S/C23H20ClN3O4/c24-17-4-2-1-3-13(17)9-10-25-18-8-7-16(12-19(18)27(30)31)26-22(28)20-14-5-6-15(11-14)21(20)23(26)29/h1-8,12,14-15,20-21,25H,9-11H2/t14-,15-,20+,21+/m0/s1. The molecule has 31 heavy (non-hydrogen) atoms. The Morgan fingerprint density at radius 3 is 2.39 bits per heavy atom. The Kier molecular flexibility index (Phi) is 4.78. The molecule has 3 aliphatic rings. The molecule has 0 aromatic heterocycles. The van der Waals surface area contributed by atoms with Crippen LogP contribution in [0.15, 0.2) is 54.6 Å². The first-order valence-electron chi connectivity index (χ1n) is 10.3. The molecule has 2 aromatic rings. The van der Waals surface area contributed by atoms with Crippen LogP contribution in [0.4, 0.5) is 17.1 Å². The van der Waals surface area contributed by atoms with Gasteiger partial charge in [-0.3, -0.25) is 19.7 Å². The number of amides is 2. The lowest BCUT2D eigenvalue weighted by atomic mass is 9.85. The number of carbonyl (C=O) groups excluding carboxylic acids is 2. The van der Waals surface area contributed by atoms with Gasteiger partial charge >= 0.3 is 0 Å². The van der Waals surface area contributed by atoms with E-state index in [1.807, 2.05) is 30.4 Å². The Morgan fingerprint density at radius 1 is 1.06 bits per heavy atom. The number of rotatable bonds is 6. The predicted octanol–water partition coefficient (Wildman–Crippen LogP) is 4.21. The molecule has 2 aromatic carbocycles. The molecule has 0 unspecified atom stereocenters. The zero-order valence-electron chi connectivity index (χ0n) is 16.5. The number of hydrogen-bond donors (Lipinski definition) is 1. The molecule has 0 radical (unpaired) electrons. The number of imide groups is 1. The molecule has 2 aliphatic carbocycles. The van der Waals surface area contributed by atoms with E-state index in [1.165, 1.54) is 6.07 Å². The van der Waals surface area contributed by atoms with Gasteiger partial charge in [-0.2, -0.15) is 0 Å². The molecule has 4 atom stereocenters. The van der Waals surface area contributed by atoms with Crippen LogP contribution in [0.2, 0.25) is 5.02 Å². The average Bonchev–Trinajstić information content (AvgIpc) is 3.43. The average molecular weight is 438 g/mol. The van der Waals surface area contributed by atoms with Crippen LogP contribution in [0.5, 0.6) is 0 Å². The van der Waals surface area contributed by atoms with E-state index < -0.39 is 4.92 Å². The van der Waals surface area contributed by atoms with Crippen molar-refractivity contribution in [1.29, 1.82) is 0 Å². The molecule has 5 rings (SSSR count). The minimum Gasteiger partial charge on any atom is -0.379 e. The molecule has 1 heterocycles. The Morgan fingerprint density at radius 2 is 1.74 bits per heavy atom. The molecule has 2 fully saturated rings. The van der Waals surface area contributed by atoms with Crippen LogP contribution in [0.1, 0.15) is 12.0 Å². The van der Waals surface area contributed by atoms with E-state index >= 15 is 0 Å². The van der Waals surface area contributed by atoms with E-state index in [9.17, 15) is 19.7 Å². The molecule has 8 heteroatoms. The highest BCUT2D eigenvalue weighted by Crippen LogP contribution is 2.53. The number of fused-ring (bicyclic) bond motifs is 5. The van der Waals surface area contributed by atoms with E-state index in [0.29, 0.717) is 23.7 Å². The van der Waals surface area contributed by atoms with Crippen molar-refractivity contribution < 1.29 is 14.5 Å². The van der Waals surface area contributed by atoms with Crippen molar-refractivity contribution in [3.63, 3.8) is 0 Å². The van der Waals surface area contributed by atoms with Crippen molar-refractivity contribution in [3.05, 3.63) is 75.3 Å². The number of nitro groups is 1. The highest BCUT2D eigenvalue weighted by molar-refractivity contribution is 6.31. The summed E-state index contributed by atoms with van der Waals surface area (Å²) in [7, 11) is 0. The van der Waals surface area contributed by atoms with Gasteiger partial charge in [0.25, 0.3) is 5.69 Å². The van der Waals surface area contributed by atoms with E-state index in [0.717, 1.165) is 16.9 Å². The van der Waals surface area contributed by atoms with Crippen molar-refractivity contribution in [2.75, 3.05) is 16.8 Å². The lowest BCUT2D eigenvalue weighted by molar-refractivity contribution is -0.383. The predicted molar refractivity (Wildman–Crippen MR) is 117 cm³/mol. The highest BCUT2D eigenvalue weighted by Gasteiger charge is 2.59. The first kappa shape index (κ1) is 19.8. The summed E-state index contributed by atoms with van der Waals surface area (Å²) in [5.41, 5.74) is 1.36. The Labute approximate surface area is 183 Å². The fourth-order valence-corrected chi connectivity index (χ4v) is 5.38. The number of halogens is 1. The van der Waals surface area contributed by atoms with Gasteiger partial charge in [0.05, 0.1) is 22.4 Å². The van der Waals surface area contributed by atoms with Crippen LogP contribution in [-0.2, 0) is 16.0 Å². The summed E-state index contributed by atoms with van der Waals surface area (Å²) >= 11 is 6.16. The van der Waals surface area contributed by atoms with Crippen LogP contribution < -0.4 is 10.2 Å². The molecular weight excluding hydrogens is 418 g/mol. The molecule has 2 amide bonds. The third-order valence-electron chi connectivity index (χ3n) is 6.57. The monoisotopic (exact) mass is 437 g/mol. The normalized spacial score (nSPS) is 25.9. The Hall–Kier alpha value is -3.19. The van der Waals surface area contributed by atoms with Gasteiger partial charge in [-0.15, -0.1) is 0 Å². The van der Waals surface area contributed by atoms with Gasteiger partial charge in [-0.25, -0.2) is 4.90 Å². The largest absolute Gasteiger partial charge is 0.379 e. The maximum Gasteiger partial charge on any atom is 0.294 e. The first-order chi connectivity index (χ1) is 15.0. The van der Waals surface area contributed by atoms with Gasteiger partial charge in [0.1, 0.15) is 5.69 Å². The summed E-state index contributed by atoms with van der Waals surface area (Å²) in [5, 5.41) is 15.4. The number of nitro benzene ring substituents is 1. The number of carbonyl (C=O) groups is 2. The van der Waals surface area contributed by atoms with Crippen LogP contribution in [0.25, 0.3) is 0 Å². The quantitative estimate of drug-likeness (QED) is 0.316. The van der Waals surface area contributed by atoms with Gasteiger partial charge in [-0.05, 0) is 48.4 Å². The van der Waals surface area contributed by atoms with E-state index in [1.54, 1.807) is 18.2 Å². The molecule has 2 bridgehead atoms. The summed E-state index contributed by atoms with van der Waals surface area (Å²) in [4.78, 5) is 38.3. The van der Waals surface area contributed by atoms with E-state index in [4.69, 9.17) is 11.6 Å². The lowest BCUT2D eigenvalue weighted by Crippen LogP contribution is -2.32. The zero-order valence-corrected chi connectivity index (χ0v) is 17.3. The van der Waals surface area contributed by atoms with Gasteiger partial charge in [0.2, 0.25) is 11.8 Å². The number of hydrogen-bond acceptors (Lipinski definition) is 5. The van der Waals surface area contributed by atoms with Gasteiger partial charge in [0.15, 0.2) is 0 Å². The van der Waals surface area contributed by atoms with E-state index in [-0.39, 0.29) is 46.9 Å². The second-order valence-corrected chi connectivity index (χ2v) is 8.65. The van der Waals surface area contributed by atoms with Crippen molar-refractivity contribution in [3.8, 4) is 0 Å². The van der Waals surface area contributed by atoms with Crippen molar-refractivity contribution >= 4 is 40.5 Å². The summed E-state index contributed by atoms with van der Waals surface area (Å²) in [6.45, 7) is 0.449. The number of anilines is 2. The third-order valence-corrected chi connectivity index (χ3v) is 6.94. The Bertz CT molecular complexity index is 1100. The van der Waals surface area contributed by atoms with Crippen molar-refractivity contribution in [2.24, 2.45) is 23.7 Å². The maximum absolute atomic E-state index is 13.0. The molecule has 1 saturated heterocycles. The SMILES string of the molecule is O=C1[C@H]2[C@H](C(=O)N1c1ccc(NCCc3ccccc3Cl)c([N+](=O)[O-])c1)[C@H]1C=C[C@H]2C1. The van der Waals surface area contributed by atoms with Crippen LogP contribution in [0, 0.1) is 33.8 Å². The van der Waals surface area contributed by atoms with Crippen LogP contribution in [-0.4, -0.2) is 23.3 Å². The molecule has 7 nitrogen and oxygen atoms in total. The molecule has 1 aliphatic heterocycles. The fraction of sp³-hybridized carbons (Fsp3) is 0.304. The van der Waals surface area contributed by atoms with Crippen LogP contribution in [0.3, 0.4) is 0 Å². The second kappa shape index (κ2) is 7.50. The minimum absolute atomic E-state index is 0.0946. The van der Waals surface area contributed by atoms with Crippen molar-refractivity contribution in [2.45, 2.75) is 12.8 Å². The smallest absolute Gasteiger partial charge is 0.294 e. The van der Waals surface area contributed by atoms with E-state index in [2.05, 4.69) is 5.32 Å². The van der Waals surface area contributed by atoms with Gasteiger partial charge in [0, 0.05) is 17.6 Å². The summed E-state index contributed by atoms with van der Waals surface area (Å²) in [6, 6.07) is 11.9. The van der Waals surface area contributed by atoms with Gasteiger partial charge in [-0.1, -0.05) is 42.0 Å². The zero-order chi connectivity index (χ0) is 21.7. The number of nitrogens with one attached hydrogen (secondary N) is 1. The highest BCUT2D eigenvalue weighted by atomic mass is 35.5. The first-order valence-corrected chi connectivity index (χ1v) is 10.7. The third kappa shape index (κ3) is 3.20. The molecular formula is C23H20ClN3O4. The molecule has 0 spiro atoms. The Balaban J connectivity index is 1.36.